The third kappa shape index (κ3) is 2.65. The van der Waals surface area contributed by atoms with Gasteiger partial charge in [0.15, 0.2) is 11.6 Å². The zero-order valence-electron chi connectivity index (χ0n) is 8.09. The summed E-state index contributed by atoms with van der Waals surface area (Å²) in [6.45, 7) is 0. The number of methoxy groups -OCH3 is 1. The first kappa shape index (κ1) is 11.4. The van der Waals surface area contributed by atoms with Crippen LogP contribution < -0.4 is 4.74 Å². The van der Waals surface area contributed by atoms with E-state index in [9.17, 15) is 13.6 Å². The molecule has 0 aromatic heterocycles. The maximum Gasteiger partial charge on any atom is 0.303 e. The van der Waals surface area contributed by atoms with E-state index in [2.05, 4.69) is 0 Å². The maximum absolute atomic E-state index is 13.3. The highest BCUT2D eigenvalue weighted by Gasteiger charge is 2.14. The molecule has 0 atom stereocenters. The number of hydrogen-bond acceptors (Lipinski definition) is 2. The predicted octanol–water partition coefficient (Wildman–Crippen LogP) is 1.99. The van der Waals surface area contributed by atoms with Gasteiger partial charge >= 0.3 is 5.97 Å². The molecular weight excluding hydrogens is 206 g/mol. The van der Waals surface area contributed by atoms with E-state index in [1.165, 1.54) is 13.2 Å². The highest BCUT2D eigenvalue weighted by atomic mass is 19.2. The van der Waals surface area contributed by atoms with Crippen molar-refractivity contribution in [2.45, 2.75) is 12.8 Å². The van der Waals surface area contributed by atoms with Crippen LogP contribution in [-0.2, 0) is 11.2 Å². The first-order valence-corrected chi connectivity index (χ1v) is 4.29. The van der Waals surface area contributed by atoms with Crippen LogP contribution in [0, 0.1) is 11.6 Å². The van der Waals surface area contributed by atoms with E-state index in [0.717, 1.165) is 6.07 Å². The van der Waals surface area contributed by atoms with E-state index in [1.54, 1.807) is 0 Å². The Hall–Kier alpha value is -1.65. The first-order valence-electron chi connectivity index (χ1n) is 4.29. The fourth-order valence-electron chi connectivity index (χ4n) is 1.23. The third-order valence-corrected chi connectivity index (χ3v) is 1.96. The van der Waals surface area contributed by atoms with Crippen molar-refractivity contribution in [2.24, 2.45) is 0 Å². The number of carboxylic acids is 1. The van der Waals surface area contributed by atoms with Crippen LogP contribution in [0.15, 0.2) is 12.1 Å². The van der Waals surface area contributed by atoms with Crippen LogP contribution in [0.4, 0.5) is 8.78 Å². The van der Waals surface area contributed by atoms with E-state index in [1.807, 2.05) is 0 Å². The second kappa shape index (κ2) is 4.72. The molecule has 1 rings (SSSR count). The molecule has 0 bridgehead atoms. The molecule has 0 aliphatic rings. The first-order chi connectivity index (χ1) is 7.06. The Bertz CT molecular complexity index is 377. The molecule has 1 N–H and O–H groups in total. The highest BCUT2D eigenvalue weighted by Crippen LogP contribution is 2.24. The van der Waals surface area contributed by atoms with Crippen molar-refractivity contribution in [2.75, 3.05) is 7.11 Å². The van der Waals surface area contributed by atoms with Crippen LogP contribution in [0.1, 0.15) is 12.0 Å². The minimum absolute atomic E-state index is 0.0418. The van der Waals surface area contributed by atoms with Crippen LogP contribution in [0.5, 0.6) is 5.75 Å². The molecule has 0 radical (unpaired) electrons. The Balaban J connectivity index is 3.01. The van der Waals surface area contributed by atoms with Gasteiger partial charge < -0.3 is 9.84 Å². The molecule has 0 spiro atoms. The van der Waals surface area contributed by atoms with Gasteiger partial charge in [0.05, 0.1) is 7.11 Å². The molecule has 0 saturated carbocycles. The van der Waals surface area contributed by atoms with Gasteiger partial charge in [-0.25, -0.2) is 8.78 Å². The van der Waals surface area contributed by atoms with Crippen LogP contribution in [-0.4, -0.2) is 18.2 Å². The van der Waals surface area contributed by atoms with Crippen molar-refractivity contribution in [3.8, 4) is 5.75 Å². The standard InChI is InChI=1S/C10H10F2O3/c1-15-8-4-3-7(11)10(12)6(8)2-5-9(13)14/h3-4H,2,5H2,1H3,(H,13,14). The van der Waals surface area contributed by atoms with Gasteiger partial charge in [-0.1, -0.05) is 0 Å². The molecule has 0 unspecified atom stereocenters. The molecule has 0 saturated heterocycles. The van der Waals surface area contributed by atoms with Crippen molar-refractivity contribution in [1.82, 2.24) is 0 Å². The van der Waals surface area contributed by atoms with Crippen LogP contribution >= 0.6 is 0 Å². The fraction of sp³-hybridized carbons (Fsp3) is 0.300. The van der Waals surface area contributed by atoms with Crippen molar-refractivity contribution in [1.29, 1.82) is 0 Å². The Morgan fingerprint density at radius 2 is 2.13 bits per heavy atom. The predicted molar refractivity (Wildman–Crippen MR) is 48.9 cm³/mol. The van der Waals surface area contributed by atoms with Crippen LogP contribution in [0.2, 0.25) is 0 Å². The summed E-state index contributed by atoms with van der Waals surface area (Å²) < 4.78 is 30.9. The second-order valence-corrected chi connectivity index (χ2v) is 2.94. The Labute approximate surface area is 85.3 Å². The summed E-state index contributed by atoms with van der Waals surface area (Å²) in [6, 6.07) is 2.22. The van der Waals surface area contributed by atoms with E-state index in [0.29, 0.717) is 0 Å². The molecule has 82 valence electrons. The highest BCUT2D eigenvalue weighted by molar-refractivity contribution is 5.67. The van der Waals surface area contributed by atoms with E-state index < -0.39 is 17.6 Å². The normalized spacial score (nSPS) is 10.1. The van der Waals surface area contributed by atoms with Gasteiger partial charge in [0.1, 0.15) is 5.75 Å². The van der Waals surface area contributed by atoms with Crippen molar-refractivity contribution in [3.63, 3.8) is 0 Å². The average molecular weight is 216 g/mol. The fourth-order valence-corrected chi connectivity index (χ4v) is 1.23. The molecule has 15 heavy (non-hydrogen) atoms. The molecule has 0 aliphatic carbocycles. The lowest BCUT2D eigenvalue weighted by Gasteiger charge is -2.08. The van der Waals surface area contributed by atoms with Gasteiger partial charge in [0.25, 0.3) is 0 Å². The average Bonchev–Trinajstić information content (AvgIpc) is 2.20. The number of rotatable bonds is 4. The Morgan fingerprint density at radius 3 is 2.67 bits per heavy atom. The number of aliphatic carboxylic acids is 1. The molecule has 1 aromatic rings. The molecule has 0 amide bonds. The lowest BCUT2D eigenvalue weighted by Crippen LogP contribution is -2.03. The molecular formula is C10H10F2O3. The molecule has 1 aromatic carbocycles. The smallest absolute Gasteiger partial charge is 0.303 e. The van der Waals surface area contributed by atoms with Crippen LogP contribution in [0.3, 0.4) is 0 Å². The zero-order valence-corrected chi connectivity index (χ0v) is 8.09. The summed E-state index contributed by atoms with van der Waals surface area (Å²) in [4.78, 5) is 10.3. The van der Waals surface area contributed by atoms with Crippen molar-refractivity contribution >= 4 is 5.97 Å². The summed E-state index contributed by atoms with van der Waals surface area (Å²) in [7, 11) is 1.32. The Morgan fingerprint density at radius 1 is 1.47 bits per heavy atom. The largest absolute Gasteiger partial charge is 0.496 e. The van der Waals surface area contributed by atoms with Gasteiger partial charge in [0, 0.05) is 12.0 Å². The van der Waals surface area contributed by atoms with E-state index >= 15 is 0 Å². The van der Waals surface area contributed by atoms with Gasteiger partial charge in [-0.05, 0) is 18.6 Å². The molecule has 3 nitrogen and oxygen atoms in total. The zero-order chi connectivity index (χ0) is 11.4. The number of benzene rings is 1. The number of ether oxygens (including phenoxy) is 1. The Kier molecular flexibility index (Phi) is 3.60. The molecule has 0 aliphatic heterocycles. The number of carbonyl (C=O) groups is 1. The van der Waals surface area contributed by atoms with Gasteiger partial charge in [0.2, 0.25) is 0 Å². The lowest BCUT2D eigenvalue weighted by atomic mass is 10.1. The topological polar surface area (TPSA) is 46.5 Å². The van der Waals surface area contributed by atoms with E-state index in [4.69, 9.17) is 9.84 Å². The van der Waals surface area contributed by atoms with Gasteiger partial charge in [-0.3, -0.25) is 4.79 Å². The lowest BCUT2D eigenvalue weighted by molar-refractivity contribution is -0.136. The minimum atomic E-state index is -1.07. The maximum atomic E-state index is 13.3. The van der Waals surface area contributed by atoms with Crippen molar-refractivity contribution < 1.29 is 23.4 Å². The number of hydrogen-bond donors (Lipinski definition) is 1. The number of carboxylic acid groups (broad SMARTS) is 1. The minimum Gasteiger partial charge on any atom is -0.496 e. The summed E-state index contributed by atoms with van der Waals surface area (Å²) in [5.74, 6) is -2.96. The monoisotopic (exact) mass is 216 g/mol. The summed E-state index contributed by atoms with van der Waals surface area (Å²) >= 11 is 0. The van der Waals surface area contributed by atoms with Gasteiger partial charge in [-0.2, -0.15) is 0 Å². The SMILES string of the molecule is COc1ccc(F)c(F)c1CCC(=O)O. The van der Waals surface area contributed by atoms with Gasteiger partial charge in [-0.15, -0.1) is 0 Å². The van der Waals surface area contributed by atoms with E-state index in [-0.39, 0.29) is 24.2 Å². The summed E-state index contributed by atoms with van der Waals surface area (Å²) in [5.41, 5.74) is -0.0418. The molecule has 5 heteroatoms. The number of halogens is 2. The molecule has 0 heterocycles. The quantitative estimate of drug-likeness (QED) is 0.837. The summed E-state index contributed by atoms with van der Waals surface area (Å²) in [6.07, 6.45) is -0.362. The second-order valence-electron chi connectivity index (χ2n) is 2.94. The van der Waals surface area contributed by atoms with Crippen molar-refractivity contribution in [3.05, 3.63) is 29.3 Å². The summed E-state index contributed by atoms with van der Waals surface area (Å²) in [5, 5.41) is 8.44. The van der Waals surface area contributed by atoms with Crippen LogP contribution in [0.25, 0.3) is 0 Å². The third-order valence-electron chi connectivity index (χ3n) is 1.96. The molecule has 0 fully saturated rings.